The summed E-state index contributed by atoms with van der Waals surface area (Å²) in [7, 11) is 0. The van der Waals surface area contributed by atoms with E-state index >= 15 is 0 Å². The highest BCUT2D eigenvalue weighted by Gasteiger charge is 2.26. The van der Waals surface area contributed by atoms with Gasteiger partial charge in [0.25, 0.3) is 0 Å². The number of hydrogen-bond donors (Lipinski definition) is 1. The van der Waals surface area contributed by atoms with E-state index in [0.29, 0.717) is 18.3 Å². The number of aromatic nitrogens is 2. The molecule has 1 N–H and O–H groups in total. The molecule has 6 nitrogen and oxygen atoms in total. The van der Waals surface area contributed by atoms with Gasteiger partial charge in [-0.05, 0) is 56.5 Å². The lowest BCUT2D eigenvalue weighted by atomic mass is 9.97. The summed E-state index contributed by atoms with van der Waals surface area (Å²) in [5, 5.41) is 7.31. The number of hydrogen-bond acceptors (Lipinski definition) is 6. The van der Waals surface area contributed by atoms with Crippen LogP contribution in [0.2, 0.25) is 0 Å². The summed E-state index contributed by atoms with van der Waals surface area (Å²) < 4.78 is 5.51. The van der Waals surface area contributed by atoms with Crippen LogP contribution in [0.4, 0.5) is 0 Å². The Kier molecular flexibility index (Phi) is 8.77. The lowest BCUT2D eigenvalue weighted by molar-refractivity contribution is -0.126. The van der Waals surface area contributed by atoms with Crippen molar-refractivity contribution in [2.24, 2.45) is 5.92 Å². The summed E-state index contributed by atoms with van der Waals surface area (Å²) >= 11 is 1.92. The number of nitrogens with one attached hydrogen (secondary N) is 1. The maximum atomic E-state index is 12.7. The van der Waals surface area contributed by atoms with Crippen molar-refractivity contribution in [1.29, 1.82) is 0 Å². The number of thioether (sulfide) groups is 1. The van der Waals surface area contributed by atoms with Crippen LogP contribution in [0.15, 0.2) is 53.1 Å². The molecular formula is C27H34N4O2S. The van der Waals surface area contributed by atoms with Crippen LogP contribution in [0.25, 0.3) is 11.4 Å². The Bertz CT molecular complexity index is 1070. The van der Waals surface area contributed by atoms with Gasteiger partial charge in [0.1, 0.15) is 0 Å². The van der Waals surface area contributed by atoms with Gasteiger partial charge < -0.3 is 9.84 Å². The van der Waals surface area contributed by atoms with Crippen LogP contribution in [0, 0.1) is 19.8 Å². The first-order valence-corrected chi connectivity index (χ1v) is 13.3. The predicted octanol–water partition coefficient (Wildman–Crippen LogP) is 5.01. The largest absolute Gasteiger partial charge is 0.356 e. The molecule has 0 aliphatic carbocycles. The molecule has 1 fully saturated rings. The van der Waals surface area contributed by atoms with Gasteiger partial charge >= 0.3 is 0 Å². The molecule has 0 saturated carbocycles. The molecule has 1 saturated heterocycles. The summed E-state index contributed by atoms with van der Waals surface area (Å²) in [6, 6.07) is 16.7. The second-order valence-electron chi connectivity index (χ2n) is 9.08. The molecule has 180 valence electrons. The van der Waals surface area contributed by atoms with Crippen LogP contribution in [-0.4, -0.2) is 46.3 Å². The highest BCUT2D eigenvalue weighted by Crippen LogP contribution is 2.22. The number of nitrogens with zero attached hydrogens (tertiary/aromatic N) is 3. The molecule has 0 bridgehead atoms. The van der Waals surface area contributed by atoms with E-state index in [1.807, 2.05) is 43.0 Å². The van der Waals surface area contributed by atoms with E-state index < -0.39 is 0 Å². The molecule has 1 aliphatic heterocycles. The Morgan fingerprint density at radius 2 is 2.00 bits per heavy atom. The lowest BCUT2D eigenvalue weighted by Crippen LogP contribution is -2.43. The fourth-order valence-corrected chi connectivity index (χ4v) is 5.18. The zero-order valence-corrected chi connectivity index (χ0v) is 20.9. The van der Waals surface area contributed by atoms with Crippen LogP contribution in [0.1, 0.15) is 41.8 Å². The average Bonchev–Trinajstić information content (AvgIpc) is 3.31. The van der Waals surface area contributed by atoms with E-state index in [0.717, 1.165) is 61.5 Å². The van der Waals surface area contributed by atoms with Gasteiger partial charge in [0.2, 0.25) is 17.6 Å². The molecule has 7 heteroatoms. The van der Waals surface area contributed by atoms with Crippen LogP contribution in [-0.2, 0) is 17.1 Å². The second kappa shape index (κ2) is 12.2. The van der Waals surface area contributed by atoms with E-state index in [4.69, 9.17) is 4.52 Å². The molecule has 1 unspecified atom stereocenters. The van der Waals surface area contributed by atoms with Crippen molar-refractivity contribution < 1.29 is 9.32 Å². The van der Waals surface area contributed by atoms with Crippen LogP contribution in [0.5, 0.6) is 0 Å². The highest BCUT2D eigenvalue weighted by molar-refractivity contribution is 7.98. The zero-order valence-electron chi connectivity index (χ0n) is 20.1. The lowest BCUT2D eigenvalue weighted by Gasteiger charge is -2.30. The monoisotopic (exact) mass is 478 g/mol. The second-order valence-corrected chi connectivity index (χ2v) is 10.2. The van der Waals surface area contributed by atoms with Gasteiger partial charge in [-0.15, -0.1) is 0 Å². The molecule has 1 aliphatic rings. The molecule has 4 rings (SSSR count). The molecule has 1 aromatic heterocycles. The van der Waals surface area contributed by atoms with Crippen LogP contribution < -0.4 is 5.32 Å². The van der Waals surface area contributed by atoms with Gasteiger partial charge in [-0.3, -0.25) is 9.69 Å². The smallest absolute Gasteiger partial charge is 0.241 e. The van der Waals surface area contributed by atoms with E-state index in [9.17, 15) is 4.79 Å². The molecule has 0 spiro atoms. The number of aryl methyl sites for hydroxylation is 2. The fourth-order valence-electron chi connectivity index (χ4n) is 4.26. The fraction of sp³-hybridized carbons (Fsp3) is 0.444. The Balaban J connectivity index is 1.17. The van der Waals surface area contributed by atoms with Gasteiger partial charge in [-0.1, -0.05) is 59.3 Å². The molecule has 1 atom stereocenters. The van der Waals surface area contributed by atoms with Gasteiger partial charge in [0.15, 0.2) is 0 Å². The van der Waals surface area contributed by atoms with Crippen molar-refractivity contribution in [3.63, 3.8) is 0 Å². The number of benzene rings is 2. The van der Waals surface area contributed by atoms with Gasteiger partial charge in [0, 0.05) is 24.4 Å². The summed E-state index contributed by atoms with van der Waals surface area (Å²) in [4.78, 5) is 19.6. The number of likely N-dealkylation sites (tertiary alicyclic amines) is 1. The number of rotatable bonds is 10. The summed E-state index contributed by atoms with van der Waals surface area (Å²) in [6.07, 6.45) is 2.93. The molecule has 2 aromatic carbocycles. The maximum Gasteiger partial charge on any atom is 0.241 e. The summed E-state index contributed by atoms with van der Waals surface area (Å²) in [5.74, 6) is 3.48. The van der Waals surface area contributed by atoms with Gasteiger partial charge in [0.05, 0.1) is 12.5 Å². The van der Waals surface area contributed by atoms with E-state index in [1.54, 1.807) is 0 Å². The predicted molar refractivity (Wildman–Crippen MR) is 137 cm³/mol. The Morgan fingerprint density at radius 3 is 2.82 bits per heavy atom. The van der Waals surface area contributed by atoms with Crippen molar-refractivity contribution in [2.75, 3.05) is 25.4 Å². The quantitative estimate of drug-likeness (QED) is 0.413. The third kappa shape index (κ3) is 6.93. The number of piperidine rings is 1. The summed E-state index contributed by atoms with van der Waals surface area (Å²) in [5.41, 5.74) is 4.76. The highest BCUT2D eigenvalue weighted by atomic mass is 32.2. The van der Waals surface area contributed by atoms with Crippen molar-refractivity contribution in [3.8, 4) is 11.4 Å². The maximum absolute atomic E-state index is 12.7. The zero-order chi connectivity index (χ0) is 23.8. The summed E-state index contributed by atoms with van der Waals surface area (Å²) in [6.45, 7) is 7.15. The van der Waals surface area contributed by atoms with E-state index in [2.05, 4.69) is 51.5 Å². The minimum absolute atomic E-state index is 0.0210. The SMILES string of the molecule is Cc1ccc(CSCCCNC(=O)C2CCCN(Cc3nc(-c4ccccc4C)no3)C2)cc1. The molecular weight excluding hydrogens is 444 g/mol. The van der Waals surface area contributed by atoms with E-state index in [-0.39, 0.29) is 11.8 Å². The first kappa shape index (κ1) is 24.5. The van der Waals surface area contributed by atoms with Gasteiger partial charge in [-0.2, -0.15) is 16.7 Å². The normalized spacial score (nSPS) is 16.5. The molecule has 2 heterocycles. The average molecular weight is 479 g/mol. The third-order valence-electron chi connectivity index (χ3n) is 6.24. The van der Waals surface area contributed by atoms with Crippen molar-refractivity contribution in [1.82, 2.24) is 20.4 Å². The van der Waals surface area contributed by atoms with Gasteiger partial charge in [-0.25, -0.2) is 0 Å². The Labute approximate surface area is 206 Å². The van der Waals surface area contributed by atoms with Crippen molar-refractivity contribution >= 4 is 17.7 Å². The number of carbonyl (C=O) groups is 1. The Hall–Kier alpha value is -2.64. The van der Waals surface area contributed by atoms with Crippen molar-refractivity contribution in [3.05, 3.63) is 71.1 Å². The number of carbonyl (C=O) groups excluding carboxylic acids is 1. The minimum atomic E-state index is 0.0210. The van der Waals surface area contributed by atoms with Crippen LogP contribution >= 0.6 is 11.8 Å². The first-order chi connectivity index (χ1) is 16.6. The topological polar surface area (TPSA) is 71.3 Å². The molecule has 0 radical (unpaired) electrons. The minimum Gasteiger partial charge on any atom is -0.356 e. The molecule has 34 heavy (non-hydrogen) atoms. The number of amides is 1. The molecule has 1 amide bonds. The van der Waals surface area contributed by atoms with Crippen molar-refractivity contribution in [2.45, 2.75) is 45.4 Å². The standard InChI is InChI=1S/C27H34N4O2S/c1-20-10-12-22(13-11-20)19-34-16-6-14-28-27(32)23-8-5-15-31(17-23)18-25-29-26(30-33-25)24-9-4-3-7-21(24)2/h3-4,7,9-13,23H,5-6,8,14-19H2,1-2H3,(H,28,32). The Morgan fingerprint density at radius 1 is 1.18 bits per heavy atom. The van der Waals surface area contributed by atoms with Crippen LogP contribution in [0.3, 0.4) is 0 Å². The molecule has 3 aromatic rings. The third-order valence-corrected chi connectivity index (χ3v) is 7.36. The van der Waals surface area contributed by atoms with E-state index in [1.165, 1.54) is 11.1 Å². The first-order valence-electron chi connectivity index (χ1n) is 12.1.